The number of hydrogen-bond donors (Lipinski definition) is 3. The molecule has 0 aliphatic heterocycles. The Morgan fingerprint density at radius 1 is 1.33 bits per heavy atom. The van der Waals surface area contributed by atoms with Crippen molar-refractivity contribution in [2.45, 2.75) is 45.1 Å². The van der Waals surface area contributed by atoms with Gasteiger partial charge in [0.25, 0.3) is 5.91 Å². The number of aromatic amines is 1. The Kier molecular flexibility index (Phi) is 4.96. The van der Waals surface area contributed by atoms with E-state index in [4.69, 9.17) is 0 Å². The Bertz CT molecular complexity index is 600. The van der Waals surface area contributed by atoms with Gasteiger partial charge in [0.2, 0.25) is 0 Å². The number of carbonyl (C=O) groups excluding carboxylic acids is 1. The number of benzene rings is 1. The number of imidazole rings is 1. The van der Waals surface area contributed by atoms with Crippen molar-refractivity contribution in [3.05, 3.63) is 30.1 Å². The average Bonchev–Trinajstić information content (AvgIpc) is 2.92. The molecule has 5 heteroatoms. The number of H-pyrrole nitrogens is 1. The van der Waals surface area contributed by atoms with Crippen LogP contribution < -0.4 is 5.32 Å². The molecule has 0 fully saturated rings. The van der Waals surface area contributed by atoms with E-state index in [0.29, 0.717) is 18.4 Å². The van der Waals surface area contributed by atoms with E-state index in [0.717, 1.165) is 23.9 Å². The summed E-state index contributed by atoms with van der Waals surface area (Å²) in [7, 11) is 0. The van der Waals surface area contributed by atoms with Crippen LogP contribution in [0.5, 0.6) is 0 Å². The predicted octanol–water partition coefficient (Wildman–Crippen LogP) is 2.62. The summed E-state index contributed by atoms with van der Waals surface area (Å²) in [6.07, 6.45) is 4.79. The van der Waals surface area contributed by atoms with E-state index in [1.807, 2.05) is 19.9 Å². The van der Waals surface area contributed by atoms with Gasteiger partial charge in [0.05, 0.1) is 23.0 Å². The Morgan fingerprint density at radius 2 is 2.05 bits per heavy atom. The lowest BCUT2D eigenvalue weighted by Crippen LogP contribution is -2.42. The zero-order chi connectivity index (χ0) is 15.3. The van der Waals surface area contributed by atoms with E-state index in [9.17, 15) is 9.90 Å². The van der Waals surface area contributed by atoms with E-state index in [1.54, 1.807) is 18.5 Å². The SMILES string of the molecule is CCCC(O)(CCC)CNC(=O)c1ccc2nc[nH]c2c1. The third-order valence-electron chi connectivity index (χ3n) is 3.69. The predicted molar refractivity (Wildman–Crippen MR) is 83.2 cm³/mol. The molecule has 0 radical (unpaired) electrons. The van der Waals surface area contributed by atoms with Crippen LogP contribution in [0.3, 0.4) is 0 Å². The van der Waals surface area contributed by atoms with E-state index < -0.39 is 5.60 Å². The highest BCUT2D eigenvalue weighted by molar-refractivity contribution is 5.97. The molecule has 0 spiro atoms. The van der Waals surface area contributed by atoms with Crippen LogP contribution in [-0.2, 0) is 0 Å². The number of carbonyl (C=O) groups is 1. The minimum Gasteiger partial charge on any atom is -0.388 e. The molecule has 3 N–H and O–H groups in total. The van der Waals surface area contributed by atoms with Crippen molar-refractivity contribution in [2.75, 3.05) is 6.54 Å². The van der Waals surface area contributed by atoms with Gasteiger partial charge in [-0.15, -0.1) is 0 Å². The van der Waals surface area contributed by atoms with Crippen molar-refractivity contribution in [1.29, 1.82) is 0 Å². The molecule has 2 aromatic rings. The van der Waals surface area contributed by atoms with Gasteiger partial charge in [0.1, 0.15) is 0 Å². The molecule has 1 aromatic heterocycles. The molecule has 0 saturated heterocycles. The van der Waals surface area contributed by atoms with Crippen molar-refractivity contribution >= 4 is 16.9 Å². The summed E-state index contributed by atoms with van der Waals surface area (Å²) in [5, 5.41) is 13.4. The van der Waals surface area contributed by atoms with Gasteiger partial charge < -0.3 is 15.4 Å². The molecular weight excluding hydrogens is 266 g/mol. The Morgan fingerprint density at radius 3 is 2.71 bits per heavy atom. The zero-order valence-electron chi connectivity index (χ0n) is 12.6. The first-order valence-electron chi connectivity index (χ1n) is 7.51. The molecule has 1 aromatic carbocycles. The van der Waals surface area contributed by atoms with Crippen molar-refractivity contribution in [3.63, 3.8) is 0 Å². The smallest absolute Gasteiger partial charge is 0.251 e. The number of rotatable bonds is 7. The number of fused-ring (bicyclic) bond motifs is 1. The van der Waals surface area contributed by atoms with Crippen molar-refractivity contribution in [2.24, 2.45) is 0 Å². The largest absolute Gasteiger partial charge is 0.388 e. The highest BCUT2D eigenvalue weighted by Crippen LogP contribution is 2.19. The molecule has 1 heterocycles. The number of nitrogens with one attached hydrogen (secondary N) is 2. The summed E-state index contributed by atoms with van der Waals surface area (Å²) in [6.45, 7) is 4.36. The number of aliphatic hydroxyl groups is 1. The van der Waals surface area contributed by atoms with E-state index in [-0.39, 0.29) is 12.5 Å². The molecule has 0 atom stereocenters. The summed E-state index contributed by atoms with van der Waals surface area (Å²) in [4.78, 5) is 19.3. The number of aromatic nitrogens is 2. The Balaban J connectivity index is 2.02. The van der Waals surface area contributed by atoms with Gasteiger partial charge in [-0.25, -0.2) is 4.98 Å². The summed E-state index contributed by atoms with van der Waals surface area (Å²) in [5.41, 5.74) is 1.43. The van der Waals surface area contributed by atoms with Crippen LogP contribution in [0, 0.1) is 0 Å². The molecule has 2 rings (SSSR count). The second-order valence-corrected chi connectivity index (χ2v) is 5.54. The third kappa shape index (κ3) is 3.82. The highest BCUT2D eigenvalue weighted by atomic mass is 16.3. The topological polar surface area (TPSA) is 78.0 Å². The molecule has 0 bridgehead atoms. The summed E-state index contributed by atoms with van der Waals surface area (Å²) in [5.74, 6) is -0.169. The quantitative estimate of drug-likeness (QED) is 0.733. The fraction of sp³-hybridized carbons (Fsp3) is 0.500. The van der Waals surface area contributed by atoms with Crippen LogP contribution in [0.15, 0.2) is 24.5 Å². The fourth-order valence-electron chi connectivity index (χ4n) is 2.66. The molecule has 1 amide bonds. The molecule has 0 unspecified atom stereocenters. The molecule has 114 valence electrons. The lowest BCUT2D eigenvalue weighted by atomic mass is 9.92. The lowest BCUT2D eigenvalue weighted by Gasteiger charge is -2.27. The van der Waals surface area contributed by atoms with Crippen LogP contribution in [-0.4, -0.2) is 33.1 Å². The standard InChI is InChI=1S/C16H23N3O2/c1-3-7-16(21,8-4-2)10-17-15(20)12-5-6-13-14(9-12)19-11-18-13/h5-6,9,11,21H,3-4,7-8,10H2,1-2H3,(H,17,20)(H,18,19). The summed E-state index contributed by atoms with van der Waals surface area (Å²) < 4.78 is 0. The summed E-state index contributed by atoms with van der Waals surface area (Å²) >= 11 is 0. The van der Waals surface area contributed by atoms with Crippen LogP contribution in [0.4, 0.5) is 0 Å². The minimum absolute atomic E-state index is 0.169. The summed E-state index contributed by atoms with van der Waals surface area (Å²) in [6, 6.07) is 5.33. The maximum absolute atomic E-state index is 12.2. The number of hydrogen-bond acceptors (Lipinski definition) is 3. The highest BCUT2D eigenvalue weighted by Gasteiger charge is 2.25. The molecule has 0 aliphatic carbocycles. The van der Waals surface area contributed by atoms with Gasteiger partial charge in [0, 0.05) is 12.1 Å². The third-order valence-corrected chi connectivity index (χ3v) is 3.69. The minimum atomic E-state index is -0.808. The first kappa shape index (κ1) is 15.5. The molecule has 21 heavy (non-hydrogen) atoms. The molecule has 0 saturated carbocycles. The van der Waals surface area contributed by atoms with Crippen LogP contribution in [0.2, 0.25) is 0 Å². The van der Waals surface area contributed by atoms with E-state index in [2.05, 4.69) is 15.3 Å². The molecule has 5 nitrogen and oxygen atoms in total. The van der Waals surface area contributed by atoms with Gasteiger partial charge in [-0.1, -0.05) is 26.7 Å². The Hall–Kier alpha value is -1.88. The molecule has 0 aliphatic rings. The van der Waals surface area contributed by atoms with Crippen molar-refractivity contribution in [1.82, 2.24) is 15.3 Å². The Labute approximate surface area is 124 Å². The van der Waals surface area contributed by atoms with Gasteiger partial charge in [0.15, 0.2) is 0 Å². The fourth-order valence-corrected chi connectivity index (χ4v) is 2.66. The second-order valence-electron chi connectivity index (χ2n) is 5.54. The van der Waals surface area contributed by atoms with Crippen molar-refractivity contribution < 1.29 is 9.90 Å². The molecular formula is C16H23N3O2. The maximum Gasteiger partial charge on any atom is 0.251 e. The normalized spacial score (nSPS) is 11.8. The van der Waals surface area contributed by atoms with Gasteiger partial charge in [-0.2, -0.15) is 0 Å². The van der Waals surface area contributed by atoms with Crippen LogP contribution in [0.25, 0.3) is 11.0 Å². The van der Waals surface area contributed by atoms with E-state index >= 15 is 0 Å². The zero-order valence-corrected chi connectivity index (χ0v) is 12.6. The number of amides is 1. The monoisotopic (exact) mass is 289 g/mol. The van der Waals surface area contributed by atoms with E-state index in [1.165, 1.54) is 0 Å². The first-order valence-corrected chi connectivity index (χ1v) is 7.51. The van der Waals surface area contributed by atoms with Crippen molar-refractivity contribution in [3.8, 4) is 0 Å². The van der Waals surface area contributed by atoms with Gasteiger partial charge in [-0.3, -0.25) is 4.79 Å². The van der Waals surface area contributed by atoms with Crippen LogP contribution in [0.1, 0.15) is 49.9 Å². The lowest BCUT2D eigenvalue weighted by molar-refractivity contribution is 0.0213. The van der Waals surface area contributed by atoms with Crippen LogP contribution >= 0.6 is 0 Å². The van der Waals surface area contributed by atoms with Gasteiger partial charge >= 0.3 is 0 Å². The average molecular weight is 289 g/mol. The first-order chi connectivity index (χ1) is 10.1. The second kappa shape index (κ2) is 6.72. The van der Waals surface area contributed by atoms with Gasteiger partial charge in [-0.05, 0) is 31.0 Å². The number of nitrogens with zero attached hydrogens (tertiary/aromatic N) is 1. The maximum atomic E-state index is 12.2.